The van der Waals surface area contributed by atoms with E-state index < -0.39 is 11.7 Å². The van der Waals surface area contributed by atoms with Crippen molar-refractivity contribution < 1.29 is 18.0 Å². The molecule has 1 heterocycles. The number of fused-ring (bicyclic) bond motifs is 1. The molecule has 1 unspecified atom stereocenters. The van der Waals surface area contributed by atoms with E-state index in [1.807, 2.05) is 18.2 Å². The van der Waals surface area contributed by atoms with Crippen molar-refractivity contribution in [3.05, 3.63) is 59.7 Å². The highest BCUT2D eigenvalue weighted by atomic mass is 19.4. The average molecular weight is 348 g/mol. The van der Waals surface area contributed by atoms with Crippen molar-refractivity contribution in [3.63, 3.8) is 0 Å². The van der Waals surface area contributed by atoms with Crippen LogP contribution in [0.5, 0.6) is 0 Å². The zero-order chi connectivity index (χ0) is 18.0. The molecule has 0 fully saturated rings. The number of para-hydroxylation sites is 1. The lowest BCUT2D eigenvalue weighted by Crippen LogP contribution is -2.32. The molecule has 0 saturated carbocycles. The van der Waals surface area contributed by atoms with Crippen LogP contribution < -0.4 is 10.2 Å². The van der Waals surface area contributed by atoms with Crippen LogP contribution in [0, 0.1) is 0 Å². The number of benzene rings is 2. The number of hydrogen-bond acceptors (Lipinski definition) is 2. The molecule has 3 nitrogen and oxygen atoms in total. The number of hydrogen-bond donors (Lipinski definition) is 1. The van der Waals surface area contributed by atoms with E-state index in [1.165, 1.54) is 17.7 Å². The fourth-order valence-corrected chi connectivity index (χ4v) is 3.16. The van der Waals surface area contributed by atoms with Crippen LogP contribution in [0.25, 0.3) is 0 Å². The van der Waals surface area contributed by atoms with Gasteiger partial charge in [-0.2, -0.15) is 13.2 Å². The van der Waals surface area contributed by atoms with Gasteiger partial charge in [0.2, 0.25) is 5.91 Å². The monoisotopic (exact) mass is 348 g/mol. The maximum Gasteiger partial charge on any atom is 0.416 e. The highest BCUT2D eigenvalue weighted by Gasteiger charge is 2.30. The van der Waals surface area contributed by atoms with E-state index in [-0.39, 0.29) is 12.3 Å². The third kappa shape index (κ3) is 3.95. The van der Waals surface area contributed by atoms with Crippen LogP contribution in [0.3, 0.4) is 0 Å². The first-order chi connectivity index (χ1) is 11.8. The second-order valence-corrected chi connectivity index (χ2v) is 6.25. The van der Waals surface area contributed by atoms with Gasteiger partial charge in [-0.3, -0.25) is 4.79 Å². The van der Waals surface area contributed by atoms with Crippen molar-refractivity contribution in [2.45, 2.75) is 32.0 Å². The van der Waals surface area contributed by atoms with Gasteiger partial charge in [0.05, 0.1) is 5.56 Å². The van der Waals surface area contributed by atoms with Crippen LogP contribution >= 0.6 is 0 Å². The summed E-state index contributed by atoms with van der Waals surface area (Å²) in [4.78, 5) is 14.3. The zero-order valence-corrected chi connectivity index (χ0v) is 13.8. The first-order valence-corrected chi connectivity index (χ1v) is 8.16. The lowest BCUT2D eigenvalue weighted by Gasteiger charge is -2.24. The Balaban J connectivity index is 1.57. The molecular weight excluding hydrogens is 329 g/mol. The molecule has 1 atom stereocenters. The maximum atomic E-state index is 12.5. The molecule has 3 rings (SSSR count). The number of alkyl halides is 3. The van der Waals surface area contributed by atoms with Crippen LogP contribution in [0.15, 0.2) is 48.5 Å². The summed E-state index contributed by atoms with van der Waals surface area (Å²) in [6.45, 7) is 2.69. The second kappa shape index (κ2) is 6.78. The van der Waals surface area contributed by atoms with Crippen LogP contribution in [0.4, 0.5) is 24.5 Å². The summed E-state index contributed by atoms with van der Waals surface area (Å²) < 4.78 is 37.6. The number of halogens is 3. The quantitative estimate of drug-likeness (QED) is 0.883. The number of amides is 1. The lowest BCUT2D eigenvalue weighted by molar-refractivity contribution is -0.137. The molecule has 1 aliphatic heterocycles. The molecule has 0 bridgehead atoms. The Morgan fingerprint density at radius 2 is 1.84 bits per heavy atom. The smallest absolute Gasteiger partial charge is 0.368 e. The van der Waals surface area contributed by atoms with Crippen LogP contribution in [-0.4, -0.2) is 18.5 Å². The molecule has 1 amide bonds. The molecule has 132 valence electrons. The van der Waals surface area contributed by atoms with E-state index >= 15 is 0 Å². The highest BCUT2D eigenvalue weighted by molar-refractivity contribution is 5.91. The van der Waals surface area contributed by atoms with Gasteiger partial charge >= 0.3 is 6.18 Å². The van der Waals surface area contributed by atoms with Crippen LogP contribution in [0.1, 0.15) is 24.5 Å². The van der Waals surface area contributed by atoms with Gasteiger partial charge in [-0.05, 0) is 49.2 Å². The van der Waals surface area contributed by atoms with E-state index in [9.17, 15) is 18.0 Å². The molecule has 0 radical (unpaired) electrons. The molecule has 1 N–H and O–H groups in total. The third-order valence-electron chi connectivity index (χ3n) is 4.42. The largest absolute Gasteiger partial charge is 0.416 e. The van der Waals surface area contributed by atoms with Gasteiger partial charge in [0.25, 0.3) is 0 Å². The predicted molar refractivity (Wildman–Crippen MR) is 91.6 cm³/mol. The molecule has 2 aromatic carbocycles. The second-order valence-electron chi connectivity index (χ2n) is 6.25. The minimum Gasteiger partial charge on any atom is -0.368 e. The standard InChI is InChI=1S/C19H19F3N2O/c1-13-12-14-4-2-3-5-17(14)24(13)11-10-18(25)23-16-8-6-15(7-9-16)19(20,21)22/h2-9,13H,10-12H2,1H3,(H,23,25). The molecule has 2 aromatic rings. The first kappa shape index (κ1) is 17.3. The van der Waals surface area contributed by atoms with Gasteiger partial charge < -0.3 is 10.2 Å². The number of anilines is 2. The Kier molecular flexibility index (Phi) is 4.70. The Labute approximate surface area is 144 Å². The van der Waals surface area contributed by atoms with Crippen molar-refractivity contribution in [2.75, 3.05) is 16.8 Å². The molecule has 1 aliphatic rings. The molecular formula is C19H19F3N2O. The summed E-state index contributed by atoms with van der Waals surface area (Å²) in [6, 6.07) is 12.9. The maximum absolute atomic E-state index is 12.5. The number of nitrogens with one attached hydrogen (secondary N) is 1. The van der Waals surface area contributed by atoms with Crippen molar-refractivity contribution in [3.8, 4) is 0 Å². The topological polar surface area (TPSA) is 32.3 Å². The summed E-state index contributed by atoms with van der Waals surface area (Å²) in [7, 11) is 0. The molecule has 0 aromatic heterocycles. The minimum atomic E-state index is -4.37. The lowest BCUT2D eigenvalue weighted by atomic mass is 10.1. The number of nitrogens with zero attached hydrogens (tertiary/aromatic N) is 1. The van der Waals surface area contributed by atoms with E-state index in [4.69, 9.17) is 0 Å². The summed E-state index contributed by atoms with van der Waals surface area (Å²) in [5.74, 6) is -0.212. The fourth-order valence-electron chi connectivity index (χ4n) is 3.16. The SMILES string of the molecule is CC1Cc2ccccc2N1CCC(=O)Nc1ccc(C(F)(F)F)cc1. The van der Waals surface area contributed by atoms with Crippen molar-refractivity contribution in [1.82, 2.24) is 0 Å². The van der Waals surface area contributed by atoms with Gasteiger partial charge in [0, 0.05) is 30.4 Å². The third-order valence-corrected chi connectivity index (χ3v) is 4.42. The van der Waals surface area contributed by atoms with Gasteiger partial charge in [-0.15, -0.1) is 0 Å². The molecule has 25 heavy (non-hydrogen) atoms. The highest BCUT2D eigenvalue weighted by Crippen LogP contribution is 2.32. The number of carbonyl (C=O) groups is 1. The van der Waals surface area contributed by atoms with Crippen LogP contribution in [-0.2, 0) is 17.4 Å². The fraction of sp³-hybridized carbons (Fsp3) is 0.316. The van der Waals surface area contributed by atoms with Crippen LogP contribution in [0.2, 0.25) is 0 Å². The molecule has 0 aliphatic carbocycles. The first-order valence-electron chi connectivity index (χ1n) is 8.16. The zero-order valence-electron chi connectivity index (χ0n) is 13.8. The Bertz CT molecular complexity index is 756. The van der Waals surface area contributed by atoms with E-state index in [1.54, 1.807) is 0 Å². The normalized spacial score (nSPS) is 16.6. The van der Waals surface area contributed by atoms with Gasteiger partial charge in [0.15, 0.2) is 0 Å². The van der Waals surface area contributed by atoms with E-state index in [0.29, 0.717) is 18.3 Å². The number of carbonyl (C=O) groups excluding carboxylic acids is 1. The Hall–Kier alpha value is -2.50. The van der Waals surface area contributed by atoms with E-state index in [2.05, 4.69) is 23.2 Å². The minimum absolute atomic E-state index is 0.212. The Morgan fingerprint density at radius 1 is 1.16 bits per heavy atom. The summed E-state index contributed by atoms with van der Waals surface area (Å²) in [5, 5.41) is 2.65. The summed E-state index contributed by atoms with van der Waals surface area (Å²) in [6.07, 6.45) is -3.14. The summed E-state index contributed by atoms with van der Waals surface area (Å²) in [5.41, 5.74) is 2.07. The van der Waals surface area contributed by atoms with E-state index in [0.717, 1.165) is 24.2 Å². The molecule has 6 heteroatoms. The predicted octanol–water partition coefficient (Wildman–Crippen LogP) is 4.49. The average Bonchev–Trinajstić information content (AvgIpc) is 2.88. The number of rotatable bonds is 4. The summed E-state index contributed by atoms with van der Waals surface area (Å²) >= 11 is 0. The molecule has 0 spiro atoms. The Morgan fingerprint density at radius 3 is 2.52 bits per heavy atom. The van der Waals surface area contributed by atoms with Crippen molar-refractivity contribution >= 4 is 17.3 Å². The van der Waals surface area contributed by atoms with Gasteiger partial charge in [-0.25, -0.2) is 0 Å². The van der Waals surface area contributed by atoms with Crippen molar-refractivity contribution in [2.24, 2.45) is 0 Å². The van der Waals surface area contributed by atoms with Gasteiger partial charge in [0.1, 0.15) is 0 Å². The van der Waals surface area contributed by atoms with Gasteiger partial charge in [-0.1, -0.05) is 18.2 Å². The van der Waals surface area contributed by atoms with Crippen molar-refractivity contribution in [1.29, 1.82) is 0 Å². The molecule has 0 saturated heterocycles.